The molecule has 3 heterocycles. The molecule has 158 valence electrons. The molecule has 0 radical (unpaired) electrons. The second-order valence-electron chi connectivity index (χ2n) is 6.96. The second kappa shape index (κ2) is 8.16. The van der Waals surface area contributed by atoms with Crippen molar-refractivity contribution in [2.45, 2.75) is 43.2 Å². The molecule has 0 saturated carbocycles. The first-order valence-electron chi connectivity index (χ1n) is 9.07. The number of pyridine rings is 1. The summed E-state index contributed by atoms with van der Waals surface area (Å²) < 4.78 is 42.3. The van der Waals surface area contributed by atoms with E-state index in [1.54, 1.807) is 18.2 Å². The van der Waals surface area contributed by atoms with Crippen LogP contribution < -0.4 is 10.6 Å². The molecule has 9 nitrogen and oxygen atoms in total. The highest BCUT2D eigenvalue weighted by Crippen LogP contribution is 2.34. The first kappa shape index (κ1) is 21.3. The maximum Gasteiger partial charge on any atom is 0.491 e. The van der Waals surface area contributed by atoms with Crippen LogP contribution in [-0.2, 0) is 14.3 Å². The molecule has 2 aliphatic heterocycles. The second-order valence-corrected chi connectivity index (χ2v) is 6.96. The van der Waals surface area contributed by atoms with Crippen LogP contribution in [0.25, 0.3) is 0 Å². The minimum Gasteiger partial charge on any atom is -0.418 e. The van der Waals surface area contributed by atoms with Gasteiger partial charge in [-0.1, -0.05) is 0 Å². The van der Waals surface area contributed by atoms with Crippen LogP contribution in [0.5, 0.6) is 0 Å². The van der Waals surface area contributed by atoms with Gasteiger partial charge in [-0.25, -0.2) is 9.78 Å². The van der Waals surface area contributed by atoms with Crippen molar-refractivity contribution in [2.75, 3.05) is 18.4 Å². The number of ether oxygens (including phenoxy) is 1. The van der Waals surface area contributed by atoms with Gasteiger partial charge >= 0.3 is 12.1 Å². The summed E-state index contributed by atoms with van der Waals surface area (Å²) in [5, 5.41) is 24.4. The number of nitrogens with zero attached hydrogens (tertiary/aromatic N) is 4. The fourth-order valence-corrected chi connectivity index (χ4v) is 3.55. The Hall–Kier alpha value is -3.38. The van der Waals surface area contributed by atoms with E-state index in [1.165, 1.54) is 6.20 Å². The van der Waals surface area contributed by atoms with Gasteiger partial charge in [0.1, 0.15) is 11.9 Å². The third-order valence-electron chi connectivity index (χ3n) is 4.94. The normalized spacial score (nSPS) is 26.0. The first-order chi connectivity index (χ1) is 14.2. The van der Waals surface area contributed by atoms with Gasteiger partial charge in [-0.2, -0.15) is 23.7 Å². The third kappa shape index (κ3) is 4.28. The largest absolute Gasteiger partial charge is 0.491 e. The van der Waals surface area contributed by atoms with Crippen LogP contribution in [-0.4, -0.2) is 58.8 Å². The maximum absolute atomic E-state index is 12.9. The molecule has 1 amide bonds. The smallest absolute Gasteiger partial charge is 0.418 e. The molecule has 2 fully saturated rings. The molecule has 30 heavy (non-hydrogen) atoms. The highest BCUT2D eigenvalue weighted by atomic mass is 19.4. The summed E-state index contributed by atoms with van der Waals surface area (Å²) in [6.07, 6.45) is -3.51. The van der Waals surface area contributed by atoms with E-state index in [1.807, 2.05) is 6.07 Å². The van der Waals surface area contributed by atoms with Gasteiger partial charge in [0.15, 0.2) is 0 Å². The van der Waals surface area contributed by atoms with Gasteiger partial charge in [0.2, 0.25) is 5.91 Å². The molecule has 12 heteroatoms. The van der Waals surface area contributed by atoms with Crippen molar-refractivity contribution in [1.29, 1.82) is 10.5 Å². The summed E-state index contributed by atoms with van der Waals surface area (Å²) in [7, 11) is 0. The molecule has 2 saturated heterocycles. The average molecular weight is 422 g/mol. The molecule has 3 rings (SSSR count). The van der Waals surface area contributed by atoms with Crippen LogP contribution in [0, 0.1) is 22.7 Å². The third-order valence-corrected chi connectivity index (χ3v) is 4.94. The Morgan fingerprint density at radius 2 is 2.17 bits per heavy atom. The molecule has 0 unspecified atom stereocenters. The van der Waals surface area contributed by atoms with E-state index in [4.69, 9.17) is 5.26 Å². The Kier molecular flexibility index (Phi) is 5.80. The number of hydrogen-bond donors (Lipinski definition) is 2. The van der Waals surface area contributed by atoms with E-state index in [-0.39, 0.29) is 31.8 Å². The van der Waals surface area contributed by atoms with Crippen molar-refractivity contribution >= 4 is 17.7 Å². The topological polar surface area (TPSA) is 131 Å². The molecule has 3 atom stereocenters. The molecule has 0 spiro atoms. The van der Waals surface area contributed by atoms with E-state index >= 15 is 0 Å². The zero-order chi connectivity index (χ0) is 21.9. The predicted octanol–water partition coefficient (Wildman–Crippen LogP) is 1.04. The van der Waals surface area contributed by atoms with E-state index in [9.17, 15) is 28.0 Å². The van der Waals surface area contributed by atoms with Crippen LogP contribution in [0.1, 0.15) is 24.8 Å². The monoisotopic (exact) mass is 422 g/mol. The van der Waals surface area contributed by atoms with E-state index in [0.29, 0.717) is 17.9 Å². The zero-order valence-electron chi connectivity index (χ0n) is 15.6. The number of aromatic nitrogens is 1. The molecular formula is C18H17F3N6O3. The SMILES string of the molecule is N#Cc1ccnc(N[C@@H]2CN[C@H](C(=O)N3CCC[C@@]3(C#N)OC(=O)C(F)(F)F)C2)c1. The summed E-state index contributed by atoms with van der Waals surface area (Å²) in [5.41, 5.74) is -1.87. The molecule has 0 aromatic carbocycles. The Morgan fingerprint density at radius 3 is 2.83 bits per heavy atom. The number of nitrogens with one attached hydrogen (secondary N) is 2. The number of alkyl halides is 3. The number of carbonyl (C=O) groups is 2. The molecular weight excluding hydrogens is 405 g/mol. The van der Waals surface area contributed by atoms with E-state index in [2.05, 4.69) is 20.4 Å². The lowest BCUT2D eigenvalue weighted by Gasteiger charge is -2.33. The maximum atomic E-state index is 12.9. The van der Waals surface area contributed by atoms with Gasteiger partial charge in [-0.3, -0.25) is 9.69 Å². The van der Waals surface area contributed by atoms with Crippen LogP contribution >= 0.6 is 0 Å². The summed E-state index contributed by atoms with van der Waals surface area (Å²) in [4.78, 5) is 29.2. The van der Waals surface area contributed by atoms with Gasteiger partial charge in [-0.15, -0.1) is 0 Å². The minimum absolute atomic E-state index is 0.000421. The van der Waals surface area contributed by atoms with Gasteiger partial charge in [-0.05, 0) is 25.0 Å². The van der Waals surface area contributed by atoms with Gasteiger partial charge < -0.3 is 15.4 Å². The van der Waals surface area contributed by atoms with Crippen LogP contribution in [0.3, 0.4) is 0 Å². The average Bonchev–Trinajstić information content (AvgIpc) is 3.34. The summed E-state index contributed by atoms with van der Waals surface area (Å²) >= 11 is 0. The lowest BCUT2D eigenvalue weighted by atomic mass is 10.1. The minimum atomic E-state index is -5.27. The summed E-state index contributed by atoms with van der Waals surface area (Å²) in [6.45, 7) is 0.351. The van der Waals surface area contributed by atoms with Crippen molar-refractivity contribution in [1.82, 2.24) is 15.2 Å². The van der Waals surface area contributed by atoms with Crippen molar-refractivity contribution in [3.05, 3.63) is 23.9 Å². The number of anilines is 1. The molecule has 1 aromatic rings. The first-order valence-corrected chi connectivity index (χ1v) is 9.07. The number of hydrogen-bond acceptors (Lipinski definition) is 8. The molecule has 0 bridgehead atoms. The van der Waals surface area contributed by atoms with Crippen molar-refractivity contribution in [2.24, 2.45) is 0 Å². The molecule has 1 aromatic heterocycles. The Balaban J connectivity index is 1.67. The quantitative estimate of drug-likeness (QED) is 0.689. The Bertz CT molecular complexity index is 925. The predicted molar refractivity (Wildman–Crippen MR) is 94.2 cm³/mol. The van der Waals surface area contributed by atoms with Crippen LogP contribution in [0.15, 0.2) is 18.3 Å². The summed E-state index contributed by atoms with van der Waals surface area (Å²) in [6, 6.07) is 5.64. The van der Waals surface area contributed by atoms with E-state index in [0.717, 1.165) is 4.90 Å². The number of esters is 1. The van der Waals surface area contributed by atoms with Crippen molar-refractivity contribution in [3.63, 3.8) is 0 Å². The molecule has 0 aliphatic carbocycles. The van der Waals surface area contributed by atoms with Gasteiger partial charge in [0.05, 0.1) is 17.7 Å². The fourth-order valence-electron chi connectivity index (χ4n) is 3.55. The van der Waals surface area contributed by atoms with Gasteiger partial charge in [0.25, 0.3) is 5.72 Å². The number of halogens is 3. The van der Waals surface area contributed by atoms with Crippen LogP contribution in [0.2, 0.25) is 0 Å². The molecule has 2 aliphatic rings. The highest BCUT2D eigenvalue weighted by molar-refractivity contribution is 5.84. The number of carbonyl (C=O) groups excluding carboxylic acids is 2. The number of amides is 1. The van der Waals surface area contributed by atoms with Crippen molar-refractivity contribution in [3.8, 4) is 12.1 Å². The number of rotatable bonds is 4. The highest BCUT2D eigenvalue weighted by Gasteiger charge is 2.54. The Labute approximate surface area is 169 Å². The fraction of sp³-hybridized carbons (Fsp3) is 0.500. The zero-order valence-corrected chi connectivity index (χ0v) is 15.6. The van der Waals surface area contributed by atoms with Crippen LogP contribution in [0.4, 0.5) is 19.0 Å². The van der Waals surface area contributed by atoms with Gasteiger partial charge in [0, 0.05) is 31.7 Å². The Morgan fingerprint density at radius 1 is 1.40 bits per heavy atom. The number of nitriles is 2. The number of likely N-dealkylation sites (tertiary alicyclic amines) is 1. The molecule has 2 N–H and O–H groups in total. The standard InChI is InChI=1S/C18H17F3N6O3/c19-18(20,21)16(29)30-17(10-23)3-1-5-27(17)15(28)13-7-12(9-25-13)26-14-6-11(8-22)2-4-24-14/h2,4,6,12-13,25H,1,3,5,7,9H2,(H,24,26)/t12-,13-,17-/m0/s1. The summed E-state index contributed by atoms with van der Waals surface area (Å²) in [5.74, 6) is -2.68. The van der Waals surface area contributed by atoms with E-state index < -0.39 is 29.8 Å². The lowest BCUT2D eigenvalue weighted by molar-refractivity contribution is -0.219. The van der Waals surface area contributed by atoms with Crippen molar-refractivity contribution < 1.29 is 27.5 Å². The lowest BCUT2D eigenvalue weighted by Crippen LogP contribution is -2.55.